The van der Waals surface area contributed by atoms with E-state index in [0.717, 1.165) is 22.9 Å². The quantitative estimate of drug-likeness (QED) is 0.403. The Morgan fingerprint density at radius 1 is 1.19 bits per heavy atom. The minimum absolute atomic E-state index is 0.0981. The Balaban J connectivity index is 1.60. The number of imidazole rings is 1. The highest BCUT2D eigenvalue weighted by atomic mass is 79.9. The molecule has 0 radical (unpaired) electrons. The summed E-state index contributed by atoms with van der Waals surface area (Å²) in [6.45, 7) is 2.48. The van der Waals surface area contributed by atoms with E-state index in [0.29, 0.717) is 22.3 Å². The number of nitrogens with one attached hydrogen (secondary N) is 1. The lowest BCUT2D eigenvalue weighted by molar-refractivity contribution is -0.124. The summed E-state index contributed by atoms with van der Waals surface area (Å²) >= 11 is 15.9. The number of amides is 1. The van der Waals surface area contributed by atoms with Crippen molar-refractivity contribution in [2.75, 3.05) is 18.1 Å². The molecule has 190 valence electrons. The Kier molecular flexibility index (Phi) is 6.95. The van der Waals surface area contributed by atoms with Crippen LogP contribution in [0.1, 0.15) is 25.3 Å². The van der Waals surface area contributed by atoms with Crippen molar-refractivity contribution in [2.24, 2.45) is 0 Å². The van der Waals surface area contributed by atoms with E-state index < -0.39 is 15.6 Å². The van der Waals surface area contributed by atoms with Gasteiger partial charge in [0.2, 0.25) is 5.95 Å². The average Bonchev–Trinajstić information content (AvgIpc) is 3.53. The number of aromatic nitrogens is 2. The number of hydrogen-bond donors (Lipinski definition) is 1. The smallest absolute Gasteiger partial charge is 0.260 e. The highest BCUT2D eigenvalue weighted by Crippen LogP contribution is 2.44. The first-order chi connectivity index (χ1) is 17.1. The molecule has 1 N–H and O–H groups in total. The molecule has 36 heavy (non-hydrogen) atoms. The first-order valence-corrected chi connectivity index (χ1v) is 14.4. The van der Waals surface area contributed by atoms with Crippen LogP contribution in [0, 0.1) is 0 Å². The second kappa shape index (κ2) is 9.74. The SMILES string of the molecule is CC1(Cc2ccc(Br)cc2)C(=O)N(c2cc(Cl)cc(Cl)c2)c2ncc(S(=O)(=O)NCC3CCCO3)n21. The molecule has 3 heterocycles. The predicted molar refractivity (Wildman–Crippen MR) is 141 cm³/mol. The molecule has 2 atom stereocenters. The maximum absolute atomic E-state index is 14.0. The molecule has 0 aliphatic carbocycles. The Labute approximate surface area is 227 Å². The number of anilines is 2. The standard InChI is InChI=1S/C24H23BrCl2N4O4S/c1-24(12-15-4-6-16(25)7-5-15)22(32)30(19-10-17(26)9-18(27)11-19)23-28-14-21(31(23)24)36(33,34)29-13-20-3-2-8-35-20/h4-7,9-11,14,20,29H,2-3,8,12-13H2,1H3. The lowest BCUT2D eigenvalue weighted by Gasteiger charge is -2.27. The van der Waals surface area contributed by atoms with Crippen molar-refractivity contribution in [3.05, 3.63) is 68.7 Å². The van der Waals surface area contributed by atoms with Gasteiger partial charge in [-0.2, -0.15) is 0 Å². The summed E-state index contributed by atoms with van der Waals surface area (Å²) in [5.74, 6) is -0.169. The summed E-state index contributed by atoms with van der Waals surface area (Å²) in [5, 5.41) is 0.589. The Morgan fingerprint density at radius 3 is 2.53 bits per heavy atom. The fraction of sp³-hybridized carbons (Fsp3) is 0.333. The largest absolute Gasteiger partial charge is 0.377 e. The maximum atomic E-state index is 14.0. The number of carbonyl (C=O) groups excluding carboxylic acids is 1. The number of nitrogens with zero attached hydrogens (tertiary/aromatic N) is 3. The van der Waals surface area contributed by atoms with Gasteiger partial charge in [-0.05, 0) is 55.7 Å². The van der Waals surface area contributed by atoms with Crippen LogP contribution in [-0.4, -0.2) is 43.1 Å². The summed E-state index contributed by atoms with van der Waals surface area (Å²) in [7, 11) is -4.01. The second-order valence-electron chi connectivity index (χ2n) is 9.06. The zero-order valence-electron chi connectivity index (χ0n) is 19.2. The molecule has 0 saturated carbocycles. The number of fused-ring (bicyclic) bond motifs is 1. The normalized spacial score (nSPS) is 21.8. The van der Waals surface area contributed by atoms with Crippen LogP contribution in [0.25, 0.3) is 0 Å². The number of rotatable bonds is 7. The van der Waals surface area contributed by atoms with Gasteiger partial charge < -0.3 is 4.74 Å². The molecule has 0 spiro atoms. The van der Waals surface area contributed by atoms with Crippen LogP contribution in [0.4, 0.5) is 11.6 Å². The summed E-state index contributed by atoms with van der Waals surface area (Å²) < 4.78 is 37.5. The number of halogens is 3. The third-order valence-electron chi connectivity index (χ3n) is 6.44. The van der Waals surface area contributed by atoms with Gasteiger partial charge in [0.25, 0.3) is 15.9 Å². The number of carbonyl (C=O) groups is 1. The van der Waals surface area contributed by atoms with Gasteiger partial charge in [-0.1, -0.05) is 51.3 Å². The van der Waals surface area contributed by atoms with Gasteiger partial charge in [-0.25, -0.2) is 23.0 Å². The topological polar surface area (TPSA) is 93.5 Å². The van der Waals surface area contributed by atoms with Crippen LogP contribution in [0.2, 0.25) is 10.0 Å². The van der Waals surface area contributed by atoms with E-state index in [4.69, 9.17) is 27.9 Å². The molecule has 1 fully saturated rings. The first-order valence-electron chi connectivity index (χ1n) is 11.3. The summed E-state index contributed by atoms with van der Waals surface area (Å²) in [4.78, 5) is 19.8. The van der Waals surface area contributed by atoms with Crippen molar-refractivity contribution in [3.8, 4) is 0 Å². The zero-order valence-corrected chi connectivity index (χ0v) is 23.2. The van der Waals surface area contributed by atoms with Crippen LogP contribution in [0.3, 0.4) is 0 Å². The molecular weight excluding hydrogens is 591 g/mol. The van der Waals surface area contributed by atoms with Crippen molar-refractivity contribution < 1.29 is 17.9 Å². The molecular formula is C24H23BrCl2N4O4S. The Bertz CT molecular complexity index is 1400. The van der Waals surface area contributed by atoms with Gasteiger partial charge in [0.15, 0.2) is 5.03 Å². The van der Waals surface area contributed by atoms with Gasteiger partial charge in [-0.3, -0.25) is 9.36 Å². The minimum Gasteiger partial charge on any atom is -0.377 e. The zero-order chi connectivity index (χ0) is 25.7. The monoisotopic (exact) mass is 612 g/mol. The average molecular weight is 614 g/mol. The van der Waals surface area contributed by atoms with Gasteiger partial charge in [0.1, 0.15) is 5.54 Å². The third-order valence-corrected chi connectivity index (χ3v) is 8.79. The van der Waals surface area contributed by atoms with Gasteiger partial charge in [0.05, 0.1) is 18.0 Å². The highest BCUT2D eigenvalue weighted by molar-refractivity contribution is 9.10. The van der Waals surface area contributed by atoms with E-state index in [9.17, 15) is 13.2 Å². The number of benzene rings is 2. The van der Waals surface area contributed by atoms with Crippen LogP contribution in [0.5, 0.6) is 0 Å². The first kappa shape index (κ1) is 25.7. The molecule has 8 nitrogen and oxygen atoms in total. The number of sulfonamides is 1. The highest BCUT2D eigenvalue weighted by Gasteiger charge is 2.51. The van der Waals surface area contributed by atoms with Gasteiger partial charge >= 0.3 is 0 Å². The molecule has 12 heteroatoms. The van der Waals surface area contributed by atoms with E-state index >= 15 is 0 Å². The molecule has 3 aromatic rings. The minimum atomic E-state index is -4.01. The number of hydrogen-bond acceptors (Lipinski definition) is 5. The Hall–Kier alpha value is -1.95. The van der Waals surface area contributed by atoms with Crippen LogP contribution in [0.15, 0.2) is 58.2 Å². The van der Waals surface area contributed by atoms with E-state index in [1.807, 2.05) is 24.3 Å². The van der Waals surface area contributed by atoms with Crippen molar-refractivity contribution in [1.29, 1.82) is 0 Å². The van der Waals surface area contributed by atoms with Crippen LogP contribution < -0.4 is 9.62 Å². The fourth-order valence-electron chi connectivity index (χ4n) is 4.70. The van der Waals surface area contributed by atoms with Crippen molar-refractivity contribution >= 4 is 66.7 Å². The predicted octanol–water partition coefficient (Wildman–Crippen LogP) is 5.05. The van der Waals surface area contributed by atoms with E-state index in [1.165, 1.54) is 15.7 Å². The van der Waals surface area contributed by atoms with Gasteiger partial charge in [0, 0.05) is 34.1 Å². The molecule has 5 rings (SSSR count). The molecule has 1 saturated heterocycles. The Morgan fingerprint density at radius 2 is 1.89 bits per heavy atom. The summed E-state index contributed by atoms with van der Waals surface area (Å²) in [5.41, 5.74) is -0.0296. The van der Waals surface area contributed by atoms with Crippen LogP contribution in [-0.2, 0) is 31.5 Å². The van der Waals surface area contributed by atoms with Crippen LogP contribution >= 0.6 is 39.1 Å². The van der Waals surface area contributed by atoms with E-state index in [-0.39, 0.29) is 36.0 Å². The van der Waals surface area contributed by atoms with Crippen molar-refractivity contribution in [2.45, 2.75) is 42.9 Å². The lowest BCUT2D eigenvalue weighted by atomic mass is 9.92. The lowest BCUT2D eigenvalue weighted by Crippen LogP contribution is -2.43. The molecule has 2 unspecified atom stereocenters. The third kappa shape index (κ3) is 4.70. The molecule has 1 aromatic heterocycles. The van der Waals surface area contributed by atoms with E-state index in [1.54, 1.807) is 25.1 Å². The van der Waals surface area contributed by atoms with Crippen molar-refractivity contribution in [1.82, 2.24) is 14.3 Å². The molecule has 1 amide bonds. The summed E-state index contributed by atoms with van der Waals surface area (Å²) in [6, 6.07) is 12.3. The van der Waals surface area contributed by atoms with E-state index in [2.05, 4.69) is 25.6 Å². The molecule has 2 aliphatic rings. The molecule has 2 aliphatic heterocycles. The molecule has 2 aromatic carbocycles. The van der Waals surface area contributed by atoms with Crippen molar-refractivity contribution in [3.63, 3.8) is 0 Å². The maximum Gasteiger partial charge on any atom is 0.260 e. The number of ether oxygens (including phenoxy) is 1. The van der Waals surface area contributed by atoms with Gasteiger partial charge in [-0.15, -0.1) is 0 Å². The second-order valence-corrected chi connectivity index (χ2v) is 12.6. The summed E-state index contributed by atoms with van der Waals surface area (Å²) in [6.07, 6.45) is 3.02. The molecule has 0 bridgehead atoms. The fourth-order valence-corrected chi connectivity index (χ4v) is 6.75.